The molecule has 8 nitrogen and oxygen atoms in total. The third-order valence-electron chi connectivity index (χ3n) is 10.5. The highest BCUT2D eigenvalue weighted by molar-refractivity contribution is 7.12. The van der Waals surface area contributed by atoms with Gasteiger partial charge in [-0.05, 0) is 111 Å². The van der Waals surface area contributed by atoms with E-state index in [2.05, 4.69) is 81.3 Å². The lowest BCUT2D eigenvalue weighted by Gasteiger charge is -2.22. The van der Waals surface area contributed by atoms with E-state index in [9.17, 15) is 19.2 Å². The summed E-state index contributed by atoms with van der Waals surface area (Å²) in [7, 11) is 6.24. The van der Waals surface area contributed by atoms with Gasteiger partial charge < -0.3 is 29.4 Å². The number of ether oxygens (including phenoxy) is 1. The number of fused-ring (bicyclic) bond motifs is 1. The van der Waals surface area contributed by atoms with Gasteiger partial charge in [-0.15, -0.1) is 11.3 Å². The van der Waals surface area contributed by atoms with Crippen LogP contribution in [-0.4, -0.2) is 81.6 Å². The summed E-state index contributed by atoms with van der Waals surface area (Å²) in [6, 6.07) is 0. The number of likely N-dealkylation sites (N-methyl/N-ethyl adjacent to an activating group) is 1. The third kappa shape index (κ3) is 38.8. The number of nitrogens with zero attached hydrogens (tertiary/aromatic N) is 2. The molecule has 0 atom stereocenters. The van der Waals surface area contributed by atoms with E-state index in [0.29, 0.717) is 19.4 Å². The van der Waals surface area contributed by atoms with Crippen molar-refractivity contribution in [3.05, 3.63) is 45.2 Å². The molecule has 0 radical (unpaired) electrons. The average molecular weight is 874 g/mol. The molecule has 1 aromatic rings. The molecule has 0 spiro atoms. The summed E-state index contributed by atoms with van der Waals surface area (Å²) in [5, 5.41) is 3.07. The number of esters is 1. The molecule has 2 rings (SSSR count). The number of rotatable bonds is 34. The summed E-state index contributed by atoms with van der Waals surface area (Å²) >= 11 is 1.78. The predicted octanol–water partition coefficient (Wildman–Crippen LogP) is 13.6. The number of hydrogen-bond donors (Lipinski definition) is 1. The van der Waals surface area contributed by atoms with E-state index in [1.165, 1.54) is 113 Å². The number of carbonyl (C=O) groups excluding carboxylic acids is 4. The highest BCUT2D eigenvalue weighted by Crippen LogP contribution is 2.32. The van der Waals surface area contributed by atoms with Crippen LogP contribution in [-0.2, 0) is 32.1 Å². The van der Waals surface area contributed by atoms with Crippen molar-refractivity contribution in [2.45, 2.75) is 215 Å². The molecule has 0 saturated heterocycles. The van der Waals surface area contributed by atoms with Crippen molar-refractivity contribution >= 4 is 35.8 Å². The standard InChI is InChI=1S/C18H32O.C17H32O3.C15H25N3OS.C2H6/c1-2-3-4-5-6-7-8-9-10-11-12-13-14-15-16-17-18-19;1-2-3-4-5-6-7-8-9-13-16-20-17(19)14-11-10-12-15-18;1-11-14(15(19)16-7-5-8-17(2)3)12-6-9-18(4)10-13(12)20-11;1-2/h6-7,9-10,18H,2-5,8,11-17H2,1H3;15H,2-14,16H2,1H3;5-10H2,1-4H3,(H,16,19);1-2H3/b7-6-,10-9-;;;. The molecular formula is C52H95N3O5S. The summed E-state index contributed by atoms with van der Waals surface area (Å²) in [5.74, 6) is -0.00114. The van der Waals surface area contributed by atoms with Crippen LogP contribution in [0.1, 0.15) is 220 Å². The van der Waals surface area contributed by atoms with E-state index in [1.807, 2.05) is 13.8 Å². The Hall–Kier alpha value is -2.62. The van der Waals surface area contributed by atoms with E-state index in [1.54, 1.807) is 11.3 Å². The van der Waals surface area contributed by atoms with Crippen LogP contribution in [0.2, 0.25) is 0 Å². The Labute approximate surface area is 380 Å². The van der Waals surface area contributed by atoms with Crippen molar-refractivity contribution in [1.82, 2.24) is 15.1 Å². The molecule has 0 aliphatic carbocycles. The number of aldehydes is 2. The summed E-state index contributed by atoms with van der Waals surface area (Å²) < 4.78 is 5.15. The quantitative estimate of drug-likeness (QED) is 0.0319. The molecule has 1 aliphatic heterocycles. The molecule has 0 aromatic carbocycles. The van der Waals surface area contributed by atoms with Crippen LogP contribution in [0.25, 0.3) is 0 Å². The van der Waals surface area contributed by atoms with Crippen molar-refractivity contribution < 1.29 is 23.9 Å². The van der Waals surface area contributed by atoms with Crippen LogP contribution in [0.3, 0.4) is 0 Å². The van der Waals surface area contributed by atoms with Gasteiger partial charge >= 0.3 is 5.97 Å². The average Bonchev–Trinajstić information content (AvgIpc) is 3.58. The second-order valence-electron chi connectivity index (χ2n) is 16.5. The van der Waals surface area contributed by atoms with Crippen LogP contribution in [0.15, 0.2) is 24.3 Å². The Balaban J connectivity index is 0. The fourth-order valence-electron chi connectivity index (χ4n) is 6.86. The summed E-state index contributed by atoms with van der Waals surface area (Å²) in [4.78, 5) is 50.9. The van der Waals surface area contributed by atoms with Gasteiger partial charge in [-0.25, -0.2) is 0 Å². The van der Waals surface area contributed by atoms with Crippen LogP contribution < -0.4 is 5.32 Å². The molecule has 0 saturated carbocycles. The number of hydrogen-bond acceptors (Lipinski definition) is 8. The number of carbonyl (C=O) groups is 4. The van der Waals surface area contributed by atoms with E-state index in [0.717, 1.165) is 107 Å². The van der Waals surface area contributed by atoms with Crippen LogP contribution >= 0.6 is 11.3 Å². The smallest absolute Gasteiger partial charge is 0.305 e. The zero-order valence-corrected chi connectivity index (χ0v) is 41.8. The second kappa shape index (κ2) is 46.9. The summed E-state index contributed by atoms with van der Waals surface area (Å²) in [5.41, 5.74) is 2.23. The highest BCUT2D eigenvalue weighted by Gasteiger charge is 2.24. The number of allylic oxidation sites excluding steroid dienone is 4. The van der Waals surface area contributed by atoms with E-state index in [4.69, 9.17) is 4.74 Å². The highest BCUT2D eigenvalue weighted by atomic mass is 32.1. The normalized spacial score (nSPS) is 12.2. The Morgan fingerprint density at radius 3 is 1.79 bits per heavy atom. The van der Waals surface area contributed by atoms with Crippen LogP contribution in [0.5, 0.6) is 0 Å². The van der Waals surface area contributed by atoms with Crippen molar-refractivity contribution in [3.63, 3.8) is 0 Å². The monoisotopic (exact) mass is 874 g/mol. The van der Waals surface area contributed by atoms with Crippen molar-refractivity contribution in [1.29, 1.82) is 0 Å². The molecule has 354 valence electrons. The minimum Gasteiger partial charge on any atom is -0.466 e. The van der Waals surface area contributed by atoms with Gasteiger partial charge in [-0.2, -0.15) is 0 Å². The largest absolute Gasteiger partial charge is 0.466 e. The molecule has 1 amide bonds. The first-order chi connectivity index (χ1) is 29.7. The topological polar surface area (TPSA) is 96.0 Å². The second-order valence-corrected chi connectivity index (χ2v) is 17.8. The van der Waals surface area contributed by atoms with Crippen molar-refractivity contribution in [2.75, 3.05) is 47.4 Å². The van der Waals surface area contributed by atoms with Gasteiger partial charge in [-0.1, -0.05) is 135 Å². The fraction of sp³-hybridized carbons (Fsp3) is 0.769. The molecule has 2 heterocycles. The lowest BCUT2D eigenvalue weighted by Crippen LogP contribution is -2.30. The molecule has 9 heteroatoms. The van der Waals surface area contributed by atoms with Crippen LogP contribution in [0.4, 0.5) is 0 Å². The maximum absolute atomic E-state index is 12.4. The van der Waals surface area contributed by atoms with Gasteiger partial charge in [0.1, 0.15) is 12.6 Å². The van der Waals surface area contributed by atoms with Gasteiger partial charge in [0.05, 0.1) is 12.2 Å². The first-order valence-corrected chi connectivity index (χ1v) is 25.6. The van der Waals surface area contributed by atoms with E-state index < -0.39 is 0 Å². The number of nitrogens with one attached hydrogen (secondary N) is 1. The van der Waals surface area contributed by atoms with Gasteiger partial charge in [0, 0.05) is 48.7 Å². The number of thiophene rings is 1. The Morgan fingerprint density at radius 2 is 1.21 bits per heavy atom. The zero-order chi connectivity index (χ0) is 45.6. The van der Waals surface area contributed by atoms with Gasteiger partial charge in [-0.3, -0.25) is 9.59 Å². The molecule has 61 heavy (non-hydrogen) atoms. The maximum atomic E-state index is 12.4. The number of aryl methyl sites for hydroxylation is 1. The molecule has 0 fully saturated rings. The predicted molar refractivity (Wildman–Crippen MR) is 264 cm³/mol. The minimum absolute atomic E-state index is 0.114. The fourth-order valence-corrected chi connectivity index (χ4v) is 8.16. The summed E-state index contributed by atoms with van der Waals surface area (Å²) in [6.45, 7) is 14.9. The van der Waals surface area contributed by atoms with Gasteiger partial charge in [0.25, 0.3) is 5.91 Å². The first kappa shape index (κ1) is 60.5. The Bertz CT molecular complexity index is 1230. The molecule has 0 unspecified atom stereocenters. The van der Waals surface area contributed by atoms with E-state index >= 15 is 0 Å². The molecular weight excluding hydrogens is 779 g/mol. The minimum atomic E-state index is -0.115. The zero-order valence-electron chi connectivity index (χ0n) is 40.9. The Kier molecular flexibility index (Phi) is 46.5. The lowest BCUT2D eigenvalue weighted by atomic mass is 10.0. The molecule has 1 N–H and O–H groups in total. The number of amides is 1. The van der Waals surface area contributed by atoms with Crippen LogP contribution in [0, 0.1) is 6.92 Å². The molecule has 1 aliphatic rings. The SMILES string of the molecule is CC.CCCCC/C=C\C/C=C\CCCCCCCC=O.CCCCCCCCCCCOC(=O)CCCCC=O.Cc1sc2c(c1C(=O)NCCCN(C)C)CCN(C)C2. The Morgan fingerprint density at radius 1 is 0.705 bits per heavy atom. The first-order valence-electron chi connectivity index (χ1n) is 24.8. The lowest BCUT2D eigenvalue weighted by molar-refractivity contribution is -0.144. The molecule has 1 aromatic heterocycles. The molecule has 0 bridgehead atoms. The number of unbranched alkanes of at least 4 members (excludes halogenated alkanes) is 19. The van der Waals surface area contributed by atoms with Gasteiger partial charge in [0.2, 0.25) is 0 Å². The third-order valence-corrected chi connectivity index (χ3v) is 11.6. The van der Waals surface area contributed by atoms with Crippen molar-refractivity contribution in [2.24, 2.45) is 0 Å². The van der Waals surface area contributed by atoms with E-state index in [-0.39, 0.29) is 11.9 Å². The summed E-state index contributed by atoms with van der Waals surface area (Å²) in [6.07, 6.45) is 41.5. The van der Waals surface area contributed by atoms with Crippen molar-refractivity contribution in [3.8, 4) is 0 Å². The van der Waals surface area contributed by atoms with Gasteiger partial charge in [0.15, 0.2) is 0 Å². The maximum Gasteiger partial charge on any atom is 0.305 e.